The second-order valence-corrected chi connectivity index (χ2v) is 5.96. The van der Waals surface area contributed by atoms with Crippen LogP contribution in [0.3, 0.4) is 0 Å². The number of rotatable bonds is 1. The first-order valence-electron chi connectivity index (χ1n) is 7.51. The van der Waals surface area contributed by atoms with Gasteiger partial charge in [-0.3, -0.25) is 4.90 Å². The number of hydrogen-bond donors (Lipinski definition) is 1. The minimum Gasteiger partial charge on any atom is -0.398 e. The number of hydrogen-bond acceptors (Lipinski definition) is 2. The van der Waals surface area contributed by atoms with Gasteiger partial charge < -0.3 is 5.73 Å². The third kappa shape index (κ3) is 1.83. The van der Waals surface area contributed by atoms with Gasteiger partial charge in [-0.25, -0.2) is 0 Å². The highest BCUT2D eigenvalue weighted by Gasteiger charge is 2.30. The predicted octanol–water partition coefficient (Wildman–Crippen LogP) is 3.31. The molecule has 2 aromatic rings. The van der Waals surface area contributed by atoms with E-state index in [0.29, 0.717) is 6.04 Å². The standard InChI is InChI=1S/C18H20N2/c19-17-7-3-5-14-10-11-20(12-16(14)17)18-9-8-13-4-1-2-6-15(13)18/h1-7,18H,8-12,19H2. The van der Waals surface area contributed by atoms with Crippen LogP contribution < -0.4 is 5.73 Å². The molecule has 2 heteroatoms. The van der Waals surface area contributed by atoms with Crippen LogP contribution in [0.1, 0.15) is 34.7 Å². The molecular weight excluding hydrogens is 244 g/mol. The summed E-state index contributed by atoms with van der Waals surface area (Å²) in [5, 5.41) is 0. The first-order valence-corrected chi connectivity index (χ1v) is 7.51. The SMILES string of the molecule is Nc1cccc2c1CN(C1CCc3ccccc31)CC2. The highest BCUT2D eigenvalue weighted by molar-refractivity contribution is 5.52. The van der Waals surface area contributed by atoms with Crippen LogP contribution in [0, 0.1) is 0 Å². The van der Waals surface area contributed by atoms with Gasteiger partial charge in [0.15, 0.2) is 0 Å². The van der Waals surface area contributed by atoms with E-state index in [9.17, 15) is 0 Å². The van der Waals surface area contributed by atoms with Crippen LogP contribution in [0.2, 0.25) is 0 Å². The summed E-state index contributed by atoms with van der Waals surface area (Å²) >= 11 is 0. The molecule has 1 heterocycles. The van der Waals surface area contributed by atoms with Crippen molar-refractivity contribution in [3.8, 4) is 0 Å². The number of benzene rings is 2. The van der Waals surface area contributed by atoms with E-state index in [2.05, 4.69) is 41.3 Å². The van der Waals surface area contributed by atoms with E-state index in [0.717, 1.165) is 25.2 Å². The molecule has 2 aromatic carbocycles. The van der Waals surface area contributed by atoms with E-state index < -0.39 is 0 Å². The highest BCUT2D eigenvalue weighted by atomic mass is 15.2. The van der Waals surface area contributed by atoms with Crippen LogP contribution >= 0.6 is 0 Å². The van der Waals surface area contributed by atoms with Gasteiger partial charge >= 0.3 is 0 Å². The summed E-state index contributed by atoms with van der Waals surface area (Å²) < 4.78 is 0. The van der Waals surface area contributed by atoms with Crippen LogP contribution in [-0.2, 0) is 19.4 Å². The average Bonchev–Trinajstić information content (AvgIpc) is 2.91. The number of nitrogen functional groups attached to an aromatic ring is 1. The molecule has 0 saturated carbocycles. The predicted molar refractivity (Wildman–Crippen MR) is 82.5 cm³/mol. The molecule has 2 nitrogen and oxygen atoms in total. The molecule has 102 valence electrons. The Bertz CT molecular complexity index is 648. The van der Waals surface area contributed by atoms with Gasteiger partial charge in [0.25, 0.3) is 0 Å². The Balaban J connectivity index is 1.65. The fourth-order valence-electron chi connectivity index (χ4n) is 3.81. The Morgan fingerprint density at radius 1 is 0.950 bits per heavy atom. The molecular formula is C18H20N2. The molecule has 0 amide bonds. The van der Waals surface area contributed by atoms with Crippen molar-refractivity contribution in [2.75, 3.05) is 12.3 Å². The van der Waals surface area contributed by atoms with E-state index in [1.807, 2.05) is 6.07 Å². The van der Waals surface area contributed by atoms with Crippen LogP contribution in [0.15, 0.2) is 42.5 Å². The maximum absolute atomic E-state index is 6.17. The number of anilines is 1. The van der Waals surface area contributed by atoms with Crippen molar-refractivity contribution in [3.63, 3.8) is 0 Å². The molecule has 0 radical (unpaired) electrons. The summed E-state index contributed by atoms with van der Waals surface area (Å²) in [5.41, 5.74) is 13.0. The summed E-state index contributed by atoms with van der Waals surface area (Å²) in [6.07, 6.45) is 3.59. The lowest BCUT2D eigenvalue weighted by Crippen LogP contribution is -2.33. The molecule has 1 atom stereocenters. The molecule has 2 N–H and O–H groups in total. The zero-order valence-electron chi connectivity index (χ0n) is 11.7. The smallest absolute Gasteiger partial charge is 0.0362 e. The summed E-state index contributed by atoms with van der Waals surface area (Å²) in [4.78, 5) is 2.62. The number of nitrogens with two attached hydrogens (primary N) is 1. The molecule has 4 rings (SSSR count). The number of aryl methyl sites for hydroxylation is 1. The molecule has 0 bridgehead atoms. The van der Waals surface area contributed by atoms with Crippen molar-refractivity contribution in [1.82, 2.24) is 4.90 Å². The van der Waals surface area contributed by atoms with E-state index in [1.54, 1.807) is 0 Å². The van der Waals surface area contributed by atoms with Gasteiger partial charge in [0.1, 0.15) is 0 Å². The van der Waals surface area contributed by atoms with Gasteiger partial charge in [-0.1, -0.05) is 36.4 Å². The first kappa shape index (κ1) is 12.0. The van der Waals surface area contributed by atoms with Crippen molar-refractivity contribution in [3.05, 3.63) is 64.7 Å². The minimum atomic E-state index is 0.582. The molecule has 0 saturated heterocycles. The molecule has 0 fully saturated rings. The van der Waals surface area contributed by atoms with Crippen LogP contribution in [-0.4, -0.2) is 11.4 Å². The van der Waals surface area contributed by atoms with Crippen molar-refractivity contribution < 1.29 is 0 Å². The monoisotopic (exact) mass is 264 g/mol. The number of fused-ring (bicyclic) bond motifs is 2. The van der Waals surface area contributed by atoms with Crippen LogP contribution in [0.4, 0.5) is 5.69 Å². The summed E-state index contributed by atoms with van der Waals surface area (Å²) in [5.74, 6) is 0. The molecule has 0 spiro atoms. The zero-order chi connectivity index (χ0) is 13.5. The molecule has 20 heavy (non-hydrogen) atoms. The average molecular weight is 264 g/mol. The topological polar surface area (TPSA) is 29.3 Å². The maximum Gasteiger partial charge on any atom is 0.0362 e. The Labute approximate surface area is 120 Å². The summed E-state index contributed by atoms with van der Waals surface area (Å²) in [6, 6.07) is 15.8. The van der Waals surface area contributed by atoms with Crippen LogP contribution in [0.25, 0.3) is 0 Å². The van der Waals surface area contributed by atoms with Crippen molar-refractivity contribution in [1.29, 1.82) is 0 Å². The quantitative estimate of drug-likeness (QED) is 0.801. The molecule has 1 unspecified atom stereocenters. The van der Waals surface area contributed by atoms with Crippen molar-refractivity contribution in [2.24, 2.45) is 0 Å². The minimum absolute atomic E-state index is 0.582. The van der Waals surface area contributed by atoms with E-state index in [1.165, 1.54) is 35.1 Å². The summed E-state index contributed by atoms with van der Waals surface area (Å²) in [7, 11) is 0. The van der Waals surface area contributed by atoms with Gasteiger partial charge in [-0.15, -0.1) is 0 Å². The Morgan fingerprint density at radius 3 is 2.75 bits per heavy atom. The zero-order valence-corrected chi connectivity index (χ0v) is 11.7. The molecule has 0 aromatic heterocycles. The molecule has 1 aliphatic carbocycles. The van der Waals surface area contributed by atoms with Crippen molar-refractivity contribution in [2.45, 2.75) is 31.8 Å². The fourth-order valence-corrected chi connectivity index (χ4v) is 3.81. The lowest BCUT2D eigenvalue weighted by atomic mass is 9.95. The van der Waals surface area contributed by atoms with Gasteiger partial charge in [0, 0.05) is 24.8 Å². The van der Waals surface area contributed by atoms with Gasteiger partial charge in [0.2, 0.25) is 0 Å². The molecule has 1 aliphatic heterocycles. The van der Waals surface area contributed by atoms with E-state index >= 15 is 0 Å². The lowest BCUT2D eigenvalue weighted by Gasteiger charge is -2.34. The Hall–Kier alpha value is -1.80. The second kappa shape index (κ2) is 4.64. The lowest BCUT2D eigenvalue weighted by molar-refractivity contribution is 0.179. The fraction of sp³-hybridized carbons (Fsp3) is 0.333. The highest BCUT2D eigenvalue weighted by Crippen LogP contribution is 2.38. The largest absolute Gasteiger partial charge is 0.398 e. The second-order valence-electron chi connectivity index (χ2n) is 5.96. The summed E-state index contributed by atoms with van der Waals surface area (Å²) in [6.45, 7) is 2.15. The van der Waals surface area contributed by atoms with Crippen molar-refractivity contribution >= 4 is 5.69 Å². The third-order valence-corrected chi connectivity index (χ3v) is 4.88. The third-order valence-electron chi connectivity index (χ3n) is 4.88. The van der Waals surface area contributed by atoms with Crippen LogP contribution in [0.5, 0.6) is 0 Å². The first-order chi connectivity index (χ1) is 9.83. The molecule has 2 aliphatic rings. The maximum atomic E-state index is 6.17. The van der Waals surface area contributed by atoms with E-state index in [4.69, 9.17) is 5.73 Å². The van der Waals surface area contributed by atoms with Gasteiger partial charge in [0.05, 0.1) is 0 Å². The Kier molecular flexibility index (Phi) is 2.78. The Morgan fingerprint density at radius 2 is 1.80 bits per heavy atom. The van der Waals surface area contributed by atoms with E-state index in [-0.39, 0.29) is 0 Å². The van der Waals surface area contributed by atoms with Gasteiger partial charge in [-0.2, -0.15) is 0 Å². The van der Waals surface area contributed by atoms with Gasteiger partial charge in [-0.05, 0) is 47.6 Å². The normalized spacial score (nSPS) is 21.5. The number of nitrogens with zero attached hydrogens (tertiary/aromatic N) is 1.